The number of allylic oxidation sites excluding steroid dienone is 1. The van der Waals surface area contributed by atoms with Crippen molar-refractivity contribution in [1.82, 2.24) is 0 Å². The minimum Gasteiger partial charge on any atom is -0.726 e. The molecule has 27 nitrogen and oxygen atoms in total. The zero-order valence-electron chi connectivity index (χ0n) is 47.7. The van der Waals surface area contributed by atoms with E-state index in [9.17, 15) is 79.0 Å². The second-order valence-electron chi connectivity index (χ2n) is 26.0. The number of carbonyl (C=O) groups is 1. The lowest BCUT2D eigenvalue weighted by Crippen LogP contribution is -2.68. The number of ether oxygens (including phenoxy) is 10. The van der Waals surface area contributed by atoms with E-state index in [-0.39, 0.29) is 37.0 Å². The average molecular weight is 1200 g/mol. The highest BCUT2D eigenvalue weighted by molar-refractivity contribution is 7.80. The van der Waals surface area contributed by atoms with Gasteiger partial charge in [-0.25, -0.2) is 8.42 Å². The largest absolute Gasteiger partial charge is 0.726 e. The van der Waals surface area contributed by atoms with Gasteiger partial charge in [-0.15, -0.1) is 0 Å². The van der Waals surface area contributed by atoms with Crippen molar-refractivity contribution in [1.29, 1.82) is 0 Å². The first kappa shape index (κ1) is 64.7. The van der Waals surface area contributed by atoms with Gasteiger partial charge in [-0.05, 0) is 99.2 Å². The number of hydrogen-bond donors (Lipinski definition) is 12. The van der Waals surface area contributed by atoms with Crippen LogP contribution in [0.4, 0.5) is 0 Å². The number of aliphatic hydroxyl groups is 12. The van der Waals surface area contributed by atoms with Crippen molar-refractivity contribution >= 4 is 16.4 Å². The van der Waals surface area contributed by atoms with Crippen molar-refractivity contribution in [2.75, 3.05) is 26.9 Å². The van der Waals surface area contributed by atoms with Crippen molar-refractivity contribution in [3.05, 3.63) is 11.6 Å². The van der Waals surface area contributed by atoms with Crippen molar-refractivity contribution in [2.24, 2.45) is 39.4 Å². The number of esters is 1. The lowest BCUT2D eigenvalue weighted by Gasteiger charge is -2.64. The Hall–Kier alpha value is -1.76. The first-order valence-corrected chi connectivity index (χ1v) is 29.9. The molecule has 0 bridgehead atoms. The Bertz CT molecular complexity index is 2420. The zero-order chi connectivity index (χ0) is 60.4. The predicted molar refractivity (Wildman–Crippen MR) is 273 cm³/mol. The van der Waals surface area contributed by atoms with Crippen LogP contribution in [0.2, 0.25) is 0 Å². The van der Waals surface area contributed by atoms with E-state index in [1.165, 1.54) is 14.0 Å². The summed E-state index contributed by atoms with van der Waals surface area (Å²) in [5, 5.41) is 135. The molecule has 0 amide bonds. The van der Waals surface area contributed by atoms with Crippen molar-refractivity contribution < 1.29 is 131 Å². The fourth-order valence-corrected chi connectivity index (χ4v) is 16.8. The number of rotatable bonds is 17. The number of fused-ring (bicyclic) bond motifs is 4. The Balaban J connectivity index is 0.912. The summed E-state index contributed by atoms with van der Waals surface area (Å²) >= 11 is 0. The minimum absolute atomic E-state index is 0.0603. The number of methoxy groups -OCH3 is 1. The van der Waals surface area contributed by atoms with Crippen LogP contribution in [0.3, 0.4) is 0 Å². The monoisotopic (exact) mass is 1200 g/mol. The third-order valence-corrected chi connectivity index (χ3v) is 21.5. The quantitative estimate of drug-likeness (QED) is 0.0231. The van der Waals surface area contributed by atoms with Gasteiger partial charge in [0.15, 0.2) is 25.2 Å². The summed E-state index contributed by atoms with van der Waals surface area (Å²) in [7, 11) is -4.27. The lowest BCUT2D eigenvalue weighted by atomic mass is 9.40. The van der Waals surface area contributed by atoms with Crippen molar-refractivity contribution in [2.45, 2.75) is 253 Å². The predicted octanol–water partition coefficient (Wildman–Crippen LogP) is -2.77. The van der Waals surface area contributed by atoms with Gasteiger partial charge in [0.05, 0.1) is 44.2 Å². The summed E-state index contributed by atoms with van der Waals surface area (Å²) in [6.07, 6.45) is -30.5. The average Bonchev–Trinajstić information content (AvgIpc) is 1.45. The molecule has 5 saturated heterocycles. The molecule has 5 aliphatic heterocycles. The molecule has 3 saturated carbocycles. The van der Waals surface area contributed by atoms with Crippen LogP contribution in [-0.2, 0) is 66.7 Å². The van der Waals surface area contributed by atoms with Gasteiger partial charge < -0.3 is 113 Å². The number of aliphatic hydroxyl groups excluding tert-OH is 11. The van der Waals surface area contributed by atoms with Crippen LogP contribution < -0.4 is 0 Å². The molecule has 5 heterocycles. The molecule has 0 aromatic heterocycles. The Morgan fingerprint density at radius 1 is 0.720 bits per heavy atom. The van der Waals surface area contributed by atoms with E-state index in [0.29, 0.717) is 32.1 Å². The fourth-order valence-electron chi connectivity index (χ4n) is 16.3. The maximum atomic E-state index is 14.5. The molecule has 0 aromatic carbocycles. The highest BCUT2D eigenvalue weighted by Crippen LogP contribution is 2.77. The highest BCUT2D eigenvalue weighted by Gasteiger charge is 2.85. The maximum absolute atomic E-state index is 14.5. The van der Waals surface area contributed by atoms with E-state index in [1.54, 1.807) is 13.0 Å². The van der Waals surface area contributed by atoms with Gasteiger partial charge in [-0.3, -0.25) is 8.98 Å². The van der Waals surface area contributed by atoms with Gasteiger partial charge in [0.1, 0.15) is 102 Å². The summed E-state index contributed by atoms with van der Waals surface area (Å²) in [6, 6.07) is 0. The Labute approximate surface area is 476 Å². The molecule has 0 aromatic rings. The number of cyclic esters (lactones) is 1. The van der Waals surface area contributed by atoms with Crippen molar-refractivity contribution in [3.63, 3.8) is 0 Å². The molecule has 2 unspecified atom stereocenters. The van der Waals surface area contributed by atoms with Gasteiger partial charge in [-0.1, -0.05) is 53.2 Å². The fraction of sp³-hybridized carbons (Fsp3) is 0.944. The second-order valence-corrected chi connectivity index (χ2v) is 27.1. The molecular formula is C54H87O27S-. The molecule has 9 rings (SSSR count). The van der Waals surface area contributed by atoms with Gasteiger partial charge in [0.25, 0.3) is 0 Å². The van der Waals surface area contributed by atoms with Crippen LogP contribution in [-0.4, -0.2) is 253 Å². The molecule has 9 aliphatic rings. The van der Waals surface area contributed by atoms with E-state index < -0.39 is 204 Å². The van der Waals surface area contributed by atoms with Crippen molar-refractivity contribution in [3.8, 4) is 0 Å². The SMILES string of the molecule is CO[C@@H]1[C@@H](O)[C@H](O[C@@H]2[C@@H](O)[C@H](O[C@H]3[C@H](O)[C@@H](O)[C@H](O[C@H]4[C@H](O[C@H]5CC[C@]6(C)C7=C[C@H](O)C89C(=O)O[C@@](C)(CCC(O)C(C)C)[C@@]8(O)CC[C@@]9(C)[C@@H]7CC[C@H]6C5(C)C)OC[C@@H](OS(=O)(=O)[O-])[C@@H]4O)O[C@@H]3C)O[C@H](CO)[C@H]2O)O[C@H](CO)[C@H]1O. The van der Waals surface area contributed by atoms with Crippen LogP contribution in [0, 0.1) is 39.4 Å². The molecule has 1 spiro atoms. The molecule has 12 N–H and O–H groups in total. The standard InChI is InChI=1S/C54H88O27S/c1-22(2)26(57)12-15-52(8)53(67)17-16-51(7)24-10-11-30-49(4,5)32(13-14-50(30,6)25(24)18-31(58)54(51,53)48(66)80-52)76-47-43(35(61)29(21-72-47)81-82(68,69)70)79-44-37(63)36(62)40(23(3)73-44)77-46-39(65)42(34(60)28(20-56)75-46)78-45-38(64)41(71-9)33(59)27(19-55)74-45/h18,22-24,26-47,55-65,67H,10-17,19-21H2,1-9H3,(H,68,69,70)/p-1/t23-,24-,26?,27-,28-,29-,30+,31+,32+,33-,34-,35+,36-,37-,38-,39-,40-,41+,42+,43-,44+,45+,46+,47+,50-,51+,52+,53+,54?/m1/s1. The summed E-state index contributed by atoms with van der Waals surface area (Å²) in [5.41, 5.74) is -6.05. The third-order valence-electron chi connectivity index (χ3n) is 21.0. The summed E-state index contributed by atoms with van der Waals surface area (Å²) in [5.74, 6) is -1.10. The lowest BCUT2D eigenvalue weighted by molar-refractivity contribution is -0.389. The van der Waals surface area contributed by atoms with Crippen LogP contribution in [0.15, 0.2) is 11.6 Å². The molecule has 28 heteroatoms. The molecule has 82 heavy (non-hydrogen) atoms. The molecular weight excluding hydrogens is 1110 g/mol. The first-order chi connectivity index (χ1) is 38.2. The van der Waals surface area contributed by atoms with Crippen LogP contribution in [0.25, 0.3) is 0 Å². The number of carbonyl (C=O) groups excluding carboxylic acids is 1. The normalized spacial score (nSPS) is 51.6. The van der Waals surface area contributed by atoms with E-state index in [2.05, 4.69) is 11.1 Å². The van der Waals surface area contributed by atoms with Crippen LogP contribution in [0.5, 0.6) is 0 Å². The molecule has 4 aliphatic carbocycles. The van der Waals surface area contributed by atoms with E-state index >= 15 is 0 Å². The second kappa shape index (κ2) is 23.3. The third kappa shape index (κ3) is 10.4. The highest BCUT2D eigenvalue weighted by atomic mass is 32.3. The van der Waals surface area contributed by atoms with Gasteiger partial charge in [-0.2, -0.15) is 0 Å². The van der Waals surface area contributed by atoms with Gasteiger partial charge >= 0.3 is 5.97 Å². The Morgan fingerprint density at radius 3 is 1.90 bits per heavy atom. The summed E-state index contributed by atoms with van der Waals surface area (Å²) in [6.45, 7) is 12.7. The topological polar surface area (TPSA) is 419 Å². The number of hydrogen-bond acceptors (Lipinski definition) is 27. The van der Waals surface area contributed by atoms with Crippen LogP contribution in [0.1, 0.15) is 107 Å². The van der Waals surface area contributed by atoms with E-state index in [0.717, 1.165) is 5.57 Å². The molecule has 0 radical (unpaired) electrons. The summed E-state index contributed by atoms with van der Waals surface area (Å²) < 4.78 is 99.6. The minimum atomic E-state index is -5.45. The van der Waals surface area contributed by atoms with E-state index in [4.69, 9.17) is 47.4 Å². The maximum Gasteiger partial charge on any atom is 0.319 e. The van der Waals surface area contributed by atoms with Gasteiger partial charge in [0.2, 0.25) is 10.4 Å². The molecule has 472 valence electrons. The first-order valence-electron chi connectivity index (χ1n) is 28.6. The smallest absolute Gasteiger partial charge is 0.319 e. The van der Waals surface area contributed by atoms with E-state index in [1.807, 2.05) is 34.6 Å². The summed E-state index contributed by atoms with van der Waals surface area (Å²) in [4.78, 5) is 14.5. The molecule has 29 atom stereocenters. The zero-order valence-corrected chi connectivity index (χ0v) is 48.5. The molecule has 8 fully saturated rings. The Morgan fingerprint density at radius 2 is 1.30 bits per heavy atom. The van der Waals surface area contributed by atoms with Gasteiger partial charge in [0, 0.05) is 7.11 Å². The van der Waals surface area contributed by atoms with Crippen LogP contribution >= 0.6 is 0 Å². The Kier molecular flexibility index (Phi) is 18.4.